The summed E-state index contributed by atoms with van der Waals surface area (Å²) in [5, 5.41) is -0.745. The van der Waals surface area contributed by atoms with Crippen LogP contribution in [0.1, 0.15) is 45.4 Å². The highest BCUT2D eigenvalue weighted by atomic mass is 32.2. The van der Waals surface area contributed by atoms with Gasteiger partial charge in [-0.3, -0.25) is 0 Å². The molecule has 6 heteroatoms. The highest BCUT2D eigenvalue weighted by Crippen LogP contribution is 2.46. The van der Waals surface area contributed by atoms with Crippen LogP contribution < -0.4 is 5.73 Å². The fraction of sp³-hybridized carbons (Fsp3) is 0.917. The van der Waals surface area contributed by atoms with Gasteiger partial charge in [-0.15, -0.1) is 0 Å². The van der Waals surface area contributed by atoms with Crippen LogP contribution in [0.3, 0.4) is 0 Å². The van der Waals surface area contributed by atoms with E-state index in [2.05, 4.69) is 0 Å². The molecule has 104 valence electrons. The van der Waals surface area contributed by atoms with E-state index in [0.717, 1.165) is 12.8 Å². The first-order chi connectivity index (χ1) is 8.37. The van der Waals surface area contributed by atoms with Crippen LogP contribution in [0.25, 0.3) is 0 Å². The Bertz CT molecular complexity index is 417. The van der Waals surface area contributed by atoms with Crippen molar-refractivity contribution in [2.75, 3.05) is 13.1 Å². The average molecular weight is 290 g/mol. The van der Waals surface area contributed by atoms with Gasteiger partial charge in [-0.1, -0.05) is 25.1 Å². The van der Waals surface area contributed by atoms with E-state index in [4.69, 9.17) is 18.0 Å². The van der Waals surface area contributed by atoms with Gasteiger partial charge in [0.2, 0.25) is 10.0 Å². The quantitative estimate of drug-likeness (QED) is 0.803. The highest BCUT2D eigenvalue weighted by Gasteiger charge is 2.41. The SMILES string of the molecule is CC(C(N)=S)S(=O)(=O)N1CCC2(CCCC2)CC1. The lowest BCUT2D eigenvalue weighted by Crippen LogP contribution is -2.48. The average Bonchev–Trinajstić information content (AvgIpc) is 2.77. The van der Waals surface area contributed by atoms with E-state index in [9.17, 15) is 8.42 Å². The van der Waals surface area contributed by atoms with E-state index in [1.54, 1.807) is 11.2 Å². The molecule has 0 radical (unpaired) electrons. The maximum absolute atomic E-state index is 12.3. The lowest BCUT2D eigenvalue weighted by Gasteiger charge is -2.39. The molecule has 18 heavy (non-hydrogen) atoms. The van der Waals surface area contributed by atoms with Crippen LogP contribution in [0.5, 0.6) is 0 Å². The molecular formula is C12H22N2O2S2. The van der Waals surface area contributed by atoms with Crippen molar-refractivity contribution < 1.29 is 8.42 Å². The fourth-order valence-corrected chi connectivity index (χ4v) is 5.01. The first-order valence-electron chi connectivity index (χ1n) is 6.66. The molecule has 1 unspecified atom stereocenters. The second-order valence-electron chi connectivity index (χ2n) is 5.70. The Labute approximate surface area is 115 Å². The number of hydrogen-bond donors (Lipinski definition) is 1. The standard InChI is InChI=1S/C12H22N2O2S2/c1-10(11(13)17)18(15,16)14-8-6-12(7-9-14)4-2-3-5-12/h10H,2-9H2,1H3,(H2,13,17). The Morgan fingerprint density at radius 1 is 1.22 bits per heavy atom. The van der Waals surface area contributed by atoms with Gasteiger partial charge in [-0.25, -0.2) is 12.7 Å². The molecule has 0 aromatic rings. The number of piperidine rings is 1. The number of hydrogen-bond acceptors (Lipinski definition) is 3. The molecule has 1 spiro atoms. The predicted molar refractivity (Wildman–Crippen MR) is 76.9 cm³/mol. The summed E-state index contributed by atoms with van der Waals surface area (Å²) in [6.45, 7) is 2.85. The van der Waals surface area contributed by atoms with Crippen LogP contribution in [-0.2, 0) is 10.0 Å². The molecule has 1 aliphatic heterocycles. The van der Waals surface area contributed by atoms with Crippen molar-refractivity contribution in [1.82, 2.24) is 4.31 Å². The normalized spacial score (nSPS) is 26.3. The third-order valence-electron chi connectivity index (χ3n) is 4.65. The summed E-state index contributed by atoms with van der Waals surface area (Å²) in [5.74, 6) is 0. The van der Waals surface area contributed by atoms with Crippen molar-refractivity contribution in [2.45, 2.75) is 50.7 Å². The maximum atomic E-state index is 12.3. The first kappa shape index (κ1) is 14.2. The van der Waals surface area contributed by atoms with E-state index in [-0.39, 0.29) is 4.99 Å². The smallest absolute Gasteiger partial charge is 0.223 e. The molecule has 2 fully saturated rings. The molecule has 1 saturated heterocycles. The molecule has 2 rings (SSSR count). The lowest BCUT2D eigenvalue weighted by molar-refractivity contribution is 0.160. The van der Waals surface area contributed by atoms with Crippen molar-refractivity contribution >= 4 is 27.2 Å². The summed E-state index contributed by atoms with van der Waals surface area (Å²) < 4.78 is 26.2. The summed E-state index contributed by atoms with van der Waals surface area (Å²) in [6.07, 6.45) is 7.14. The van der Waals surface area contributed by atoms with Crippen LogP contribution in [0.4, 0.5) is 0 Å². The van der Waals surface area contributed by atoms with Gasteiger partial charge < -0.3 is 5.73 Å². The van der Waals surface area contributed by atoms with Crippen LogP contribution in [0.15, 0.2) is 0 Å². The third kappa shape index (κ3) is 2.56. The zero-order valence-corrected chi connectivity index (χ0v) is 12.5. The minimum Gasteiger partial charge on any atom is -0.392 e. The second kappa shape index (κ2) is 5.06. The lowest BCUT2D eigenvalue weighted by atomic mass is 9.78. The van der Waals surface area contributed by atoms with E-state index >= 15 is 0 Å². The second-order valence-corrected chi connectivity index (χ2v) is 8.42. The maximum Gasteiger partial charge on any atom is 0.223 e. The van der Waals surface area contributed by atoms with Crippen molar-refractivity contribution in [2.24, 2.45) is 11.1 Å². The van der Waals surface area contributed by atoms with Gasteiger partial charge >= 0.3 is 0 Å². The molecule has 0 amide bonds. The van der Waals surface area contributed by atoms with Gasteiger partial charge in [0.1, 0.15) is 5.25 Å². The first-order valence-corrected chi connectivity index (χ1v) is 8.57. The number of rotatable bonds is 3. The van der Waals surface area contributed by atoms with E-state index < -0.39 is 15.3 Å². The van der Waals surface area contributed by atoms with Gasteiger partial charge in [-0.2, -0.15) is 0 Å². The van der Waals surface area contributed by atoms with Crippen LogP contribution in [-0.4, -0.2) is 36.1 Å². The Morgan fingerprint density at radius 2 is 1.72 bits per heavy atom. The molecule has 2 N–H and O–H groups in total. The van der Waals surface area contributed by atoms with Crippen LogP contribution in [0.2, 0.25) is 0 Å². The number of nitrogens with zero attached hydrogens (tertiary/aromatic N) is 1. The van der Waals surface area contributed by atoms with Gasteiger partial charge in [0.15, 0.2) is 0 Å². The Hall–Kier alpha value is -0.200. The Balaban J connectivity index is 2.03. The summed E-state index contributed by atoms with van der Waals surface area (Å²) in [7, 11) is -3.34. The van der Waals surface area contributed by atoms with Crippen LogP contribution >= 0.6 is 12.2 Å². The molecule has 1 heterocycles. The minimum atomic E-state index is -3.34. The van der Waals surface area contributed by atoms with E-state index in [0.29, 0.717) is 18.5 Å². The summed E-state index contributed by atoms with van der Waals surface area (Å²) >= 11 is 4.81. The number of thiocarbonyl (C=S) groups is 1. The number of sulfonamides is 1. The largest absolute Gasteiger partial charge is 0.392 e. The summed E-state index contributed by atoms with van der Waals surface area (Å²) in [5.41, 5.74) is 5.90. The molecule has 0 aromatic carbocycles. The molecule has 0 bridgehead atoms. The monoisotopic (exact) mass is 290 g/mol. The molecule has 4 nitrogen and oxygen atoms in total. The summed E-state index contributed by atoms with van der Waals surface area (Å²) in [4.78, 5) is 0.0659. The van der Waals surface area contributed by atoms with E-state index in [1.165, 1.54) is 25.7 Å². The molecule has 1 saturated carbocycles. The van der Waals surface area contributed by atoms with Gasteiger partial charge in [0.05, 0.1) is 4.99 Å². The van der Waals surface area contributed by atoms with Gasteiger partial charge in [-0.05, 0) is 38.0 Å². The zero-order chi connectivity index (χ0) is 13.4. The fourth-order valence-electron chi connectivity index (χ4n) is 3.21. The molecular weight excluding hydrogens is 268 g/mol. The zero-order valence-electron chi connectivity index (χ0n) is 10.9. The molecule has 1 aliphatic carbocycles. The van der Waals surface area contributed by atoms with Gasteiger partial charge in [0, 0.05) is 13.1 Å². The Kier molecular flexibility index (Phi) is 3.99. The summed E-state index contributed by atoms with van der Waals surface area (Å²) in [6, 6.07) is 0. The topological polar surface area (TPSA) is 63.4 Å². The Morgan fingerprint density at radius 3 is 2.17 bits per heavy atom. The van der Waals surface area contributed by atoms with Crippen LogP contribution in [0, 0.1) is 5.41 Å². The van der Waals surface area contributed by atoms with Gasteiger partial charge in [0.25, 0.3) is 0 Å². The van der Waals surface area contributed by atoms with Crippen molar-refractivity contribution in [3.63, 3.8) is 0 Å². The third-order valence-corrected chi connectivity index (χ3v) is 7.39. The minimum absolute atomic E-state index is 0.0659. The predicted octanol–water partition coefficient (Wildman–Crippen LogP) is 1.65. The van der Waals surface area contributed by atoms with Crippen molar-refractivity contribution in [3.05, 3.63) is 0 Å². The number of nitrogens with two attached hydrogens (primary N) is 1. The molecule has 1 atom stereocenters. The van der Waals surface area contributed by atoms with Crippen molar-refractivity contribution in [1.29, 1.82) is 0 Å². The van der Waals surface area contributed by atoms with Crippen molar-refractivity contribution in [3.8, 4) is 0 Å². The highest BCUT2D eigenvalue weighted by molar-refractivity contribution is 7.92. The van der Waals surface area contributed by atoms with E-state index in [1.807, 2.05) is 0 Å². The molecule has 0 aromatic heterocycles. The molecule has 2 aliphatic rings.